The van der Waals surface area contributed by atoms with Crippen LogP contribution in [0.1, 0.15) is 53.7 Å². The van der Waals surface area contributed by atoms with Gasteiger partial charge >= 0.3 is 11.9 Å². The summed E-state index contributed by atoms with van der Waals surface area (Å²) in [7, 11) is 4.38. The Kier molecular flexibility index (Phi) is 7.86. The third-order valence-electron chi connectivity index (χ3n) is 5.16. The van der Waals surface area contributed by atoms with Gasteiger partial charge in [-0.05, 0) is 39.2 Å². The van der Waals surface area contributed by atoms with E-state index < -0.39 is 18.0 Å². The van der Waals surface area contributed by atoms with Crippen molar-refractivity contribution in [2.24, 2.45) is 0 Å². The van der Waals surface area contributed by atoms with E-state index in [4.69, 9.17) is 14.2 Å². The zero-order chi connectivity index (χ0) is 22.4. The minimum Gasteiger partial charge on any atom is -0.496 e. The summed E-state index contributed by atoms with van der Waals surface area (Å²) < 4.78 is 20.9. The fraction of sp³-hybridized carbons (Fsp3) is 0.500. The number of nitrogens with one attached hydrogen (secondary N) is 1. The normalized spacial score (nSPS) is 13.9. The molecule has 0 bridgehead atoms. The standard InChI is InChI=1S/C22H29NO7/c1-12(8-10-17(24)23-14(3)21(25)29-6)7-9-15-19(27-4)13(2)16-11-30-22(26)18(16)20(15)28-5/h7,14H,8-11H2,1-6H3,(H,23,24). The number of allylic oxidation sites excluding steroid dienone is 2. The predicted molar refractivity (Wildman–Crippen MR) is 110 cm³/mol. The van der Waals surface area contributed by atoms with E-state index >= 15 is 0 Å². The molecular formula is C22H29NO7. The van der Waals surface area contributed by atoms with Crippen LogP contribution in [0, 0.1) is 6.92 Å². The van der Waals surface area contributed by atoms with E-state index in [9.17, 15) is 14.4 Å². The molecule has 1 atom stereocenters. The van der Waals surface area contributed by atoms with E-state index in [2.05, 4.69) is 10.1 Å². The van der Waals surface area contributed by atoms with Gasteiger partial charge in [0.2, 0.25) is 5.91 Å². The molecule has 0 saturated heterocycles. The van der Waals surface area contributed by atoms with Gasteiger partial charge in [0.1, 0.15) is 29.7 Å². The van der Waals surface area contributed by atoms with Crippen molar-refractivity contribution in [3.8, 4) is 11.5 Å². The van der Waals surface area contributed by atoms with Gasteiger partial charge in [0.05, 0.1) is 21.3 Å². The molecule has 1 heterocycles. The first-order valence-electron chi connectivity index (χ1n) is 9.71. The van der Waals surface area contributed by atoms with Gasteiger partial charge in [0.25, 0.3) is 0 Å². The summed E-state index contributed by atoms with van der Waals surface area (Å²) in [4.78, 5) is 35.6. The Bertz CT molecular complexity index is 873. The van der Waals surface area contributed by atoms with Crippen LogP contribution < -0.4 is 14.8 Å². The number of ether oxygens (including phenoxy) is 4. The maximum Gasteiger partial charge on any atom is 0.342 e. The minimum atomic E-state index is -0.686. The molecule has 1 aromatic rings. The maximum absolute atomic E-state index is 12.2. The van der Waals surface area contributed by atoms with Crippen LogP contribution >= 0.6 is 0 Å². The van der Waals surface area contributed by atoms with Crippen molar-refractivity contribution in [1.82, 2.24) is 5.32 Å². The number of rotatable bonds is 9. The second-order valence-corrected chi connectivity index (χ2v) is 7.17. The van der Waals surface area contributed by atoms with Gasteiger partial charge in [-0.3, -0.25) is 4.79 Å². The summed E-state index contributed by atoms with van der Waals surface area (Å²) >= 11 is 0. The van der Waals surface area contributed by atoms with Crippen molar-refractivity contribution in [3.05, 3.63) is 33.9 Å². The van der Waals surface area contributed by atoms with Crippen LogP contribution in [0.5, 0.6) is 11.5 Å². The van der Waals surface area contributed by atoms with E-state index in [0.717, 1.165) is 22.3 Å². The highest BCUT2D eigenvalue weighted by atomic mass is 16.5. The summed E-state index contributed by atoms with van der Waals surface area (Å²) in [6, 6.07) is -0.686. The second-order valence-electron chi connectivity index (χ2n) is 7.17. The van der Waals surface area contributed by atoms with Crippen molar-refractivity contribution >= 4 is 17.8 Å². The minimum absolute atomic E-state index is 0.209. The molecule has 1 amide bonds. The number of cyclic esters (lactones) is 1. The lowest BCUT2D eigenvalue weighted by atomic mass is 9.94. The molecule has 1 N–H and O–H groups in total. The zero-order valence-corrected chi connectivity index (χ0v) is 18.3. The number of esters is 2. The van der Waals surface area contributed by atoms with Gasteiger partial charge in [-0.15, -0.1) is 0 Å². The molecule has 164 valence electrons. The van der Waals surface area contributed by atoms with Gasteiger partial charge in [-0.25, -0.2) is 9.59 Å². The van der Waals surface area contributed by atoms with Gasteiger partial charge in [0, 0.05) is 17.5 Å². The molecule has 0 radical (unpaired) electrons. The molecule has 8 nitrogen and oxygen atoms in total. The lowest BCUT2D eigenvalue weighted by molar-refractivity contribution is -0.144. The average Bonchev–Trinajstić information content (AvgIpc) is 3.12. The molecule has 1 aliphatic rings. The van der Waals surface area contributed by atoms with Crippen LogP contribution in [0.3, 0.4) is 0 Å². The van der Waals surface area contributed by atoms with E-state index in [0.29, 0.717) is 29.9 Å². The highest BCUT2D eigenvalue weighted by molar-refractivity contribution is 5.98. The molecule has 8 heteroatoms. The number of hydrogen-bond donors (Lipinski definition) is 1. The van der Waals surface area contributed by atoms with E-state index in [-0.39, 0.29) is 18.9 Å². The Balaban J connectivity index is 2.14. The quantitative estimate of drug-likeness (QED) is 0.485. The summed E-state index contributed by atoms with van der Waals surface area (Å²) in [5.74, 6) is 0.0134. The first-order chi connectivity index (χ1) is 14.2. The van der Waals surface area contributed by atoms with Crippen molar-refractivity contribution in [1.29, 1.82) is 0 Å². The van der Waals surface area contributed by atoms with Gasteiger partial charge in [-0.2, -0.15) is 0 Å². The van der Waals surface area contributed by atoms with E-state index in [1.807, 2.05) is 19.9 Å². The largest absolute Gasteiger partial charge is 0.496 e. The molecule has 0 saturated carbocycles. The van der Waals surface area contributed by atoms with Gasteiger partial charge in [-0.1, -0.05) is 11.6 Å². The van der Waals surface area contributed by atoms with Crippen molar-refractivity contribution in [2.75, 3.05) is 21.3 Å². The molecule has 30 heavy (non-hydrogen) atoms. The number of hydrogen-bond acceptors (Lipinski definition) is 7. The Morgan fingerprint density at radius 3 is 2.43 bits per heavy atom. The molecule has 1 aliphatic heterocycles. The van der Waals surface area contributed by atoms with Gasteiger partial charge in [0.15, 0.2) is 0 Å². The van der Waals surface area contributed by atoms with Crippen LogP contribution in [0.4, 0.5) is 0 Å². The molecule has 0 aliphatic carbocycles. The van der Waals surface area contributed by atoms with E-state index in [1.54, 1.807) is 14.0 Å². The Morgan fingerprint density at radius 2 is 1.83 bits per heavy atom. The van der Waals surface area contributed by atoms with Gasteiger partial charge < -0.3 is 24.3 Å². The van der Waals surface area contributed by atoms with Crippen LogP contribution in [-0.4, -0.2) is 45.2 Å². The summed E-state index contributed by atoms with van der Waals surface area (Å²) in [6.07, 6.45) is 3.22. The predicted octanol–water partition coefficient (Wildman–Crippen LogP) is 2.63. The van der Waals surface area contributed by atoms with Crippen LogP contribution in [-0.2, 0) is 32.1 Å². The van der Waals surface area contributed by atoms with Crippen LogP contribution in [0.2, 0.25) is 0 Å². The molecule has 0 aromatic heterocycles. The fourth-order valence-corrected chi connectivity index (χ4v) is 3.47. The number of carbonyl (C=O) groups is 3. The van der Waals surface area contributed by atoms with Crippen LogP contribution in [0.15, 0.2) is 11.6 Å². The number of carbonyl (C=O) groups excluding carboxylic acids is 3. The fourth-order valence-electron chi connectivity index (χ4n) is 3.47. The Hall–Kier alpha value is -3.03. The second kappa shape index (κ2) is 10.1. The number of methoxy groups -OCH3 is 3. The van der Waals surface area contributed by atoms with Crippen molar-refractivity contribution in [2.45, 2.75) is 52.7 Å². The third kappa shape index (κ3) is 4.93. The van der Waals surface area contributed by atoms with Crippen LogP contribution in [0.25, 0.3) is 0 Å². The SMILES string of the molecule is COC(=O)C(C)NC(=O)CCC(C)=CCc1c(OC)c(C)c2c(c1OC)C(=O)OC2. The Morgan fingerprint density at radius 1 is 1.17 bits per heavy atom. The topological polar surface area (TPSA) is 100 Å². The average molecular weight is 419 g/mol. The molecule has 1 aromatic carbocycles. The highest BCUT2D eigenvalue weighted by Gasteiger charge is 2.32. The Labute approximate surface area is 176 Å². The monoisotopic (exact) mass is 419 g/mol. The summed E-state index contributed by atoms with van der Waals surface area (Å²) in [5, 5.41) is 2.60. The summed E-state index contributed by atoms with van der Waals surface area (Å²) in [6.45, 7) is 5.60. The van der Waals surface area contributed by atoms with Crippen molar-refractivity contribution < 1.29 is 33.3 Å². The number of fused-ring (bicyclic) bond motifs is 1. The maximum atomic E-state index is 12.2. The first-order valence-corrected chi connectivity index (χ1v) is 9.71. The highest BCUT2D eigenvalue weighted by Crippen LogP contribution is 2.42. The first kappa shape index (κ1) is 23.3. The molecule has 0 fully saturated rings. The summed E-state index contributed by atoms with van der Waals surface area (Å²) in [5.41, 5.74) is 3.85. The van der Waals surface area contributed by atoms with Crippen molar-refractivity contribution in [3.63, 3.8) is 0 Å². The number of amides is 1. The number of benzene rings is 1. The molecule has 2 rings (SSSR count). The molecule has 1 unspecified atom stereocenters. The molecule has 0 spiro atoms. The lowest BCUT2D eigenvalue weighted by Crippen LogP contribution is -2.39. The smallest absolute Gasteiger partial charge is 0.342 e. The third-order valence-corrected chi connectivity index (χ3v) is 5.16. The van der Waals surface area contributed by atoms with E-state index in [1.165, 1.54) is 14.2 Å². The molecular weight excluding hydrogens is 390 g/mol. The zero-order valence-electron chi connectivity index (χ0n) is 18.3. The lowest BCUT2D eigenvalue weighted by Gasteiger charge is -2.18.